The Morgan fingerprint density at radius 2 is 1.90 bits per heavy atom. The van der Waals surface area contributed by atoms with E-state index in [9.17, 15) is 4.79 Å². The van der Waals surface area contributed by atoms with E-state index in [0.717, 1.165) is 69.0 Å². The van der Waals surface area contributed by atoms with E-state index in [1.165, 1.54) is 0 Å². The maximum atomic E-state index is 13.8. The fourth-order valence-electron chi connectivity index (χ4n) is 5.55. The van der Waals surface area contributed by atoms with E-state index in [-0.39, 0.29) is 5.56 Å². The van der Waals surface area contributed by atoms with Crippen LogP contribution in [-0.4, -0.2) is 77.8 Å². The SMILES string of the molecule is COc1cc(N2CCN(C)CC2)ccc1Nc1ncc2nc(-c3ccccc3)c(=O)n(C[C@H]3CCCNC3)c2n1. The number of benzene rings is 2. The summed E-state index contributed by atoms with van der Waals surface area (Å²) in [4.78, 5) is 32.6. The second-order valence-corrected chi connectivity index (χ2v) is 10.7. The van der Waals surface area contributed by atoms with Crippen LogP contribution in [0.4, 0.5) is 17.3 Å². The fraction of sp³-hybridized carbons (Fsp3) is 0.400. The number of hydrogen-bond donors (Lipinski definition) is 2. The monoisotopic (exact) mass is 540 g/mol. The van der Waals surface area contributed by atoms with Gasteiger partial charge in [-0.15, -0.1) is 0 Å². The Bertz CT molecular complexity index is 1530. The molecule has 0 aliphatic carbocycles. The van der Waals surface area contributed by atoms with Gasteiger partial charge in [-0.25, -0.2) is 9.97 Å². The smallest absolute Gasteiger partial charge is 0.278 e. The van der Waals surface area contributed by atoms with Crippen LogP contribution in [0.3, 0.4) is 0 Å². The Kier molecular flexibility index (Phi) is 7.61. The van der Waals surface area contributed by atoms with E-state index in [2.05, 4.69) is 38.5 Å². The van der Waals surface area contributed by atoms with Crippen molar-refractivity contribution in [3.63, 3.8) is 0 Å². The molecule has 10 nitrogen and oxygen atoms in total. The zero-order valence-corrected chi connectivity index (χ0v) is 23.1. The van der Waals surface area contributed by atoms with E-state index in [0.29, 0.717) is 41.0 Å². The molecule has 2 fully saturated rings. The summed E-state index contributed by atoms with van der Waals surface area (Å²) in [5.74, 6) is 1.44. The van der Waals surface area contributed by atoms with Crippen LogP contribution in [-0.2, 0) is 6.54 Å². The quantitative estimate of drug-likeness (QED) is 0.366. The van der Waals surface area contributed by atoms with E-state index in [4.69, 9.17) is 14.7 Å². The van der Waals surface area contributed by atoms with Crippen molar-refractivity contribution in [3.05, 3.63) is 65.1 Å². The lowest BCUT2D eigenvalue weighted by atomic mass is 9.99. The van der Waals surface area contributed by atoms with Gasteiger partial charge in [-0.1, -0.05) is 30.3 Å². The summed E-state index contributed by atoms with van der Waals surface area (Å²) in [6.07, 6.45) is 3.86. The summed E-state index contributed by atoms with van der Waals surface area (Å²) in [7, 11) is 3.82. The molecule has 0 radical (unpaired) electrons. The van der Waals surface area contributed by atoms with Gasteiger partial charge in [0.2, 0.25) is 5.95 Å². The average Bonchev–Trinajstić information content (AvgIpc) is 3.00. The van der Waals surface area contributed by atoms with E-state index < -0.39 is 0 Å². The van der Waals surface area contributed by atoms with Crippen molar-refractivity contribution in [3.8, 4) is 17.0 Å². The molecule has 2 aromatic heterocycles. The molecule has 2 saturated heterocycles. The summed E-state index contributed by atoms with van der Waals surface area (Å²) in [5, 5.41) is 6.78. The maximum absolute atomic E-state index is 13.8. The molecule has 2 aliphatic rings. The van der Waals surface area contributed by atoms with Crippen molar-refractivity contribution < 1.29 is 4.74 Å². The Morgan fingerprint density at radius 3 is 2.65 bits per heavy atom. The average molecular weight is 541 g/mol. The van der Waals surface area contributed by atoms with Gasteiger partial charge in [-0.3, -0.25) is 9.36 Å². The normalized spacial score (nSPS) is 18.1. The first-order chi connectivity index (χ1) is 19.6. The minimum absolute atomic E-state index is 0.136. The van der Waals surface area contributed by atoms with Crippen LogP contribution in [0, 0.1) is 5.92 Å². The summed E-state index contributed by atoms with van der Waals surface area (Å²) in [6, 6.07) is 15.7. The number of aromatic nitrogens is 4. The largest absolute Gasteiger partial charge is 0.494 e. The Morgan fingerprint density at radius 1 is 1.07 bits per heavy atom. The molecule has 4 heterocycles. The number of ether oxygens (including phenoxy) is 1. The molecule has 2 aromatic carbocycles. The number of likely N-dealkylation sites (N-methyl/N-ethyl adjacent to an activating group) is 1. The number of piperazine rings is 1. The zero-order chi connectivity index (χ0) is 27.5. The lowest BCUT2D eigenvalue weighted by Crippen LogP contribution is -2.44. The summed E-state index contributed by atoms with van der Waals surface area (Å²) in [5.41, 5.74) is 4.08. The van der Waals surface area contributed by atoms with Crippen LogP contribution in [0.1, 0.15) is 12.8 Å². The number of anilines is 3. The number of nitrogens with one attached hydrogen (secondary N) is 2. The van der Waals surface area contributed by atoms with E-state index >= 15 is 0 Å². The molecule has 6 rings (SSSR count). The molecule has 4 aromatic rings. The zero-order valence-electron chi connectivity index (χ0n) is 23.1. The molecular weight excluding hydrogens is 504 g/mol. The van der Waals surface area contributed by atoms with Crippen LogP contribution < -0.4 is 25.8 Å². The maximum Gasteiger partial charge on any atom is 0.278 e. The first kappa shape index (κ1) is 26.2. The number of nitrogens with zero attached hydrogens (tertiary/aromatic N) is 6. The van der Waals surface area contributed by atoms with E-state index in [1.807, 2.05) is 42.5 Å². The Hall–Kier alpha value is -4.02. The van der Waals surface area contributed by atoms with Gasteiger partial charge in [-0.05, 0) is 51.0 Å². The van der Waals surface area contributed by atoms with Crippen LogP contribution in [0.2, 0.25) is 0 Å². The van der Waals surface area contributed by atoms with Crippen molar-refractivity contribution >= 4 is 28.5 Å². The van der Waals surface area contributed by atoms with Crippen LogP contribution >= 0.6 is 0 Å². The second-order valence-electron chi connectivity index (χ2n) is 10.7. The van der Waals surface area contributed by atoms with Crippen LogP contribution in [0.25, 0.3) is 22.4 Å². The summed E-state index contributed by atoms with van der Waals surface area (Å²) < 4.78 is 7.52. The third-order valence-electron chi connectivity index (χ3n) is 7.87. The van der Waals surface area contributed by atoms with Gasteiger partial charge in [0.05, 0.1) is 19.0 Å². The number of rotatable bonds is 7. The molecule has 0 bridgehead atoms. The van der Waals surface area contributed by atoms with Crippen LogP contribution in [0.5, 0.6) is 5.75 Å². The standard InChI is InChI=1S/C30H36N8O2/c1-36-13-15-37(16-14-36)23-10-11-24(26(17-23)40-2)34-30-32-19-25-28(35-30)38(20-21-7-6-12-31-18-21)29(39)27(33-25)22-8-4-3-5-9-22/h3-5,8-11,17,19,21,31H,6-7,12-16,18,20H2,1-2H3,(H,32,34,35)/t21-/m0/s1. The molecule has 0 saturated carbocycles. The minimum Gasteiger partial charge on any atom is -0.494 e. The Labute approximate surface area is 234 Å². The van der Waals surface area contributed by atoms with Crippen molar-refractivity contribution in [1.82, 2.24) is 29.7 Å². The third-order valence-corrected chi connectivity index (χ3v) is 7.87. The van der Waals surface area contributed by atoms with Gasteiger partial charge >= 0.3 is 0 Å². The minimum atomic E-state index is -0.136. The molecule has 208 valence electrons. The second kappa shape index (κ2) is 11.6. The molecular formula is C30H36N8O2. The molecule has 2 aliphatic heterocycles. The highest BCUT2D eigenvalue weighted by Gasteiger charge is 2.21. The summed E-state index contributed by atoms with van der Waals surface area (Å²) in [6.45, 7) is 6.49. The number of hydrogen-bond acceptors (Lipinski definition) is 9. The first-order valence-corrected chi connectivity index (χ1v) is 14.0. The van der Waals surface area contributed by atoms with Crippen molar-refractivity contribution in [2.45, 2.75) is 19.4 Å². The van der Waals surface area contributed by atoms with Gasteiger partial charge in [0, 0.05) is 50.0 Å². The predicted octanol–water partition coefficient (Wildman–Crippen LogP) is 3.36. The highest BCUT2D eigenvalue weighted by Crippen LogP contribution is 2.32. The highest BCUT2D eigenvalue weighted by molar-refractivity contribution is 5.76. The van der Waals surface area contributed by atoms with Crippen molar-refractivity contribution in [2.24, 2.45) is 5.92 Å². The lowest BCUT2D eigenvalue weighted by molar-refractivity contribution is 0.312. The fourth-order valence-corrected chi connectivity index (χ4v) is 5.55. The van der Waals surface area contributed by atoms with Gasteiger partial charge in [0.1, 0.15) is 17.0 Å². The molecule has 0 unspecified atom stereocenters. The number of fused-ring (bicyclic) bond motifs is 1. The van der Waals surface area contributed by atoms with Gasteiger partial charge < -0.3 is 25.2 Å². The van der Waals surface area contributed by atoms with E-state index in [1.54, 1.807) is 17.9 Å². The lowest BCUT2D eigenvalue weighted by Gasteiger charge is -2.34. The number of piperidine rings is 1. The van der Waals surface area contributed by atoms with Crippen molar-refractivity contribution in [2.75, 3.05) is 63.6 Å². The molecule has 0 spiro atoms. The Balaban J connectivity index is 1.35. The van der Waals surface area contributed by atoms with Crippen molar-refractivity contribution in [1.29, 1.82) is 0 Å². The molecule has 10 heteroatoms. The molecule has 1 atom stereocenters. The van der Waals surface area contributed by atoms with Gasteiger partial charge in [0.25, 0.3) is 5.56 Å². The topological polar surface area (TPSA) is 100 Å². The van der Waals surface area contributed by atoms with Crippen LogP contribution in [0.15, 0.2) is 59.5 Å². The molecule has 0 amide bonds. The van der Waals surface area contributed by atoms with Gasteiger partial charge in [0.15, 0.2) is 5.65 Å². The molecule has 40 heavy (non-hydrogen) atoms. The summed E-state index contributed by atoms with van der Waals surface area (Å²) >= 11 is 0. The number of methoxy groups -OCH3 is 1. The molecule has 2 N–H and O–H groups in total. The first-order valence-electron chi connectivity index (χ1n) is 14.0. The third kappa shape index (κ3) is 5.50. The van der Waals surface area contributed by atoms with Gasteiger partial charge in [-0.2, -0.15) is 4.98 Å². The predicted molar refractivity (Wildman–Crippen MR) is 159 cm³/mol. The highest BCUT2D eigenvalue weighted by atomic mass is 16.5.